The minimum atomic E-state index is 0.564. The molecule has 0 fully saturated rings. The van der Waals surface area contributed by atoms with E-state index in [2.05, 4.69) is 50.1 Å². The quantitative estimate of drug-likeness (QED) is 0.768. The Labute approximate surface area is 98.8 Å². The van der Waals surface area contributed by atoms with Gasteiger partial charge in [0, 0.05) is 18.4 Å². The van der Waals surface area contributed by atoms with E-state index in [0.29, 0.717) is 6.04 Å². The van der Waals surface area contributed by atoms with Crippen LogP contribution in [0, 0.1) is 6.92 Å². The summed E-state index contributed by atoms with van der Waals surface area (Å²) in [5, 5.41) is 3.40. The van der Waals surface area contributed by atoms with E-state index >= 15 is 0 Å². The Kier molecular flexibility index (Phi) is 5.20. The van der Waals surface area contributed by atoms with Gasteiger partial charge in [0.15, 0.2) is 0 Å². The molecule has 88 valence electrons. The summed E-state index contributed by atoms with van der Waals surface area (Å²) in [5.41, 5.74) is 3.75. The van der Waals surface area contributed by atoms with Crippen molar-refractivity contribution in [2.45, 2.75) is 40.2 Å². The van der Waals surface area contributed by atoms with Crippen LogP contribution in [-0.4, -0.2) is 17.6 Å². The van der Waals surface area contributed by atoms with Gasteiger partial charge in [-0.3, -0.25) is 4.98 Å². The third kappa shape index (κ3) is 4.58. The monoisotopic (exact) mass is 218 g/mol. The summed E-state index contributed by atoms with van der Waals surface area (Å²) in [4.78, 5) is 4.21. The van der Waals surface area contributed by atoms with Gasteiger partial charge in [0.1, 0.15) is 0 Å². The minimum Gasteiger partial charge on any atom is -0.314 e. The molecule has 2 nitrogen and oxygen atoms in total. The maximum atomic E-state index is 4.21. The highest BCUT2D eigenvalue weighted by Crippen LogP contribution is 2.13. The van der Waals surface area contributed by atoms with E-state index in [0.717, 1.165) is 13.0 Å². The molecule has 1 heterocycles. The lowest BCUT2D eigenvalue weighted by atomic mass is 10.1. The van der Waals surface area contributed by atoms with E-state index in [-0.39, 0.29) is 0 Å². The lowest BCUT2D eigenvalue weighted by Crippen LogP contribution is -2.23. The number of rotatable bonds is 5. The molecule has 16 heavy (non-hydrogen) atoms. The topological polar surface area (TPSA) is 24.9 Å². The van der Waals surface area contributed by atoms with Crippen LogP contribution in [-0.2, 0) is 0 Å². The van der Waals surface area contributed by atoms with Gasteiger partial charge >= 0.3 is 0 Å². The molecule has 0 bridgehead atoms. The molecule has 1 aromatic heterocycles. The van der Waals surface area contributed by atoms with Crippen molar-refractivity contribution in [2.24, 2.45) is 0 Å². The largest absolute Gasteiger partial charge is 0.314 e. The van der Waals surface area contributed by atoms with E-state index < -0.39 is 0 Å². The zero-order valence-electron chi connectivity index (χ0n) is 10.7. The number of nitrogens with one attached hydrogen (secondary N) is 1. The Morgan fingerprint density at radius 3 is 2.81 bits per heavy atom. The maximum absolute atomic E-state index is 4.21. The van der Waals surface area contributed by atoms with E-state index in [1.54, 1.807) is 0 Å². The van der Waals surface area contributed by atoms with Crippen molar-refractivity contribution >= 4 is 5.57 Å². The highest BCUT2D eigenvalue weighted by Gasteiger charge is 1.96. The summed E-state index contributed by atoms with van der Waals surface area (Å²) in [6, 6.07) is 2.74. The first-order chi connectivity index (χ1) is 7.59. The van der Waals surface area contributed by atoms with Gasteiger partial charge in [0.25, 0.3) is 0 Å². The fourth-order valence-corrected chi connectivity index (χ4v) is 1.55. The smallest absolute Gasteiger partial charge is 0.0343 e. The highest BCUT2D eigenvalue weighted by molar-refractivity contribution is 5.63. The number of pyridine rings is 1. The molecule has 0 aromatic carbocycles. The zero-order valence-corrected chi connectivity index (χ0v) is 10.7. The molecule has 1 aromatic rings. The predicted octanol–water partition coefficient (Wildman–Crippen LogP) is 3.18. The van der Waals surface area contributed by atoms with Crippen molar-refractivity contribution in [1.82, 2.24) is 10.3 Å². The Bertz CT molecular complexity index is 354. The molecule has 1 rings (SSSR count). The van der Waals surface area contributed by atoms with Crippen LogP contribution in [0.4, 0.5) is 0 Å². The fourth-order valence-electron chi connectivity index (χ4n) is 1.55. The van der Waals surface area contributed by atoms with Crippen molar-refractivity contribution in [3.8, 4) is 0 Å². The Morgan fingerprint density at radius 1 is 1.44 bits per heavy atom. The second-order valence-corrected chi connectivity index (χ2v) is 4.54. The standard InChI is InChI=1S/C14H22N2/c1-11(2)16-7-5-6-13(4)14-8-12(3)9-15-10-14/h6,8-11,16H,5,7H2,1-4H3/b13-6-. The van der Waals surface area contributed by atoms with E-state index in [1.807, 2.05) is 12.4 Å². The summed E-state index contributed by atoms with van der Waals surface area (Å²) >= 11 is 0. The van der Waals surface area contributed by atoms with Gasteiger partial charge in [-0.25, -0.2) is 0 Å². The van der Waals surface area contributed by atoms with Gasteiger partial charge in [-0.15, -0.1) is 0 Å². The first-order valence-electron chi connectivity index (χ1n) is 5.91. The molecule has 0 saturated heterocycles. The van der Waals surface area contributed by atoms with Crippen LogP contribution in [0.25, 0.3) is 5.57 Å². The molecule has 0 aliphatic heterocycles. The van der Waals surface area contributed by atoms with Crippen LogP contribution in [0.5, 0.6) is 0 Å². The molecular formula is C14H22N2. The SMILES string of the molecule is C/C(=C/CCNC(C)C)c1cncc(C)c1. The van der Waals surface area contributed by atoms with Gasteiger partial charge in [0.05, 0.1) is 0 Å². The van der Waals surface area contributed by atoms with Crippen LogP contribution in [0.1, 0.15) is 38.3 Å². The summed E-state index contributed by atoms with van der Waals surface area (Å²) in [6.07, 6.45) is 7.15. The van der Waals surface area contributed by atoms with Crippen LogP contribution in [0.15, 0.2) is 24.5 Å². The van der Waals surface area contributed by atoms with Crippen LogP contribution >= 0.6 is 0 Å². The van der Waals surface area contributed by atoms with Gasteiger partial charge < -0.3 is 5.32 Å². The third-order valence-electron chi connectivity index (χ3n) is 2.48. The Morgan fingerprint density at radius 2 is 2.19 bits per heavy atom. The fraction of sp³-hybridized carbons (Fsp3) is 0.500. The molecular weight excluding hydrogens is 196 g/mol. The first-order valence-corrected chi connectivity index (χ1v) is 5.91. The Balaban J connectivity index is 2.50. The number of hydrogen-bond donors (Lipinski definition) is 1. The number of allylic oxidation sites excluding steroid dienone is 1. The van der Waals surface area contributed by atoms with Crippen molar-refractivity contribution in [3.63, 3.8) is 0 Å². The van der Waals surface area contributed by atoms with Gasteiger partial charge in [-0.2, -0.15) is 0 Å². The van der Waals surface area contributed by atoms with Crippen molar-refractivity contribution < 1.29 is 0 Å². The van der Waals surface area contributed by atoms with Crippen molar-refractivity contribution in [2.75, 3.05) is 6.54 Å². The molecule has 0 aliphatic rings. The lowest BCUT2D eigenvalue weighted by molar-refractivity contribution is 0.595. The normalized spacial score (nSPS) is 12.2. The molecule has 0 radical (unpaired) electrons. The lowest BCUT2D eigenvalue weighted by Gasteiger charge is -2.06. The molecule has 0 unspecified atom stereocenters. The summed E-state index contributed by atoms with van der Waals surface area (Å²) in [7, 11) is 0. The van der Waals surface area contributed by atoms with Crippen molar-refractivity contribution in [1.29, 1.82) is 0 Å². The van der Waals surface area contributed by atoms with Crippen LogP contribution < -0.4 is 5.32 Å². The van der Waals surface area contributed by atoms with Gasteiger partial charge in [-0.05, 0) is 49.6 Å². The second-order valence-electron chi connectivity index (χ2n) is 4.54. The molecule has 0 spiro atoms. The van der Waals surface area contributed by atoms with Crippen molar-refractivity contribution in [3.05, 3.63) is 35.7 Å². The van der Waals surface area contributed by atoms with Gasteiger partial charge in [0.2, 0.25) is 0 Å². The average Bonchev–Trinajstić information content (AvgIpc) is 2.24. The van der Waals surface area contributed by atoms with Crippen LogP contribution in [0.2, 0.25) is 0 Å². The Hall–Kier alpha value is -1.15. The van der Waals surface area contributed by atoms with E-state index in [4.69, 9.17) is 0 Å². The zero-order chi connectivity index (χ0) is 12.0. The number of nitrogens with zero attached hydrogens (tertiary/aromatic N) is 1. The van der Waals surface area contributed by atoms with E-state index in [9.17, 15) is 0 Å². The molecule has 0 atom stereocenters. The van der Waals surface area contributed by atoms with Gasteiger partial charge in [-0.1, -0.05) is 19.9 Å². The third-order valence-corrected chi connectivity index (χ3v) is 2.48. The number of hydrogen-bond acceptors (Lipinski definition) is 2. The highest BCUT2D eigenvalue weighted by atomic mass is 14.9. The average molecular weight is 218 g/mol. The molecule has 0 aliphatic carbocycles. The van der Waals surface area contributed by atoms with Crippen LogP contribution in [0.3, 0.4) is 0 Å². The summed E-state index contributed by atoms with van der Waals surface area (Å²) in [5.74, 6) is 0. The minimum absolute atomic E-state index is 0.564. The number of aromatic nitrogens is 1. The molecule has 2 heteroatoms. The predicted molar refractivity (Wildman–Crippen MR) is 70.4 cm³/mol. The van der Waals surface area contributed by atoms with E-state index in [1.165, 1.54) is 16.7 Å². The maximum Gasteiger partial charge on any atom is 0.0343 e. The molecule has 0 amide bonds. The molecule has 0 saturated carbocycles. The second kappa shape index (κ2) is 6.44. The molecule has 1 N–H and O–H groups in total. The summed E-state index contributed by atoms with van der Waals surface area (Å²) < 4.78 is 0. The first kappa shape index (κ1) is 12.9. The summed E-state index contributed by atoms with van der Waals surface area (Å²) in [6.45, 7) is 9.59. The number of aryl methyl sites for hydroxylation is 1.